The van der Waals surface area contributed by atoms with Gasteiger partial charge in [-0.05, 0) is 50.3 Å². The van der Waals surface area contributed by atoms with E-state index in [9.17, 15) is 13.6 Å². The molecule has 0 unspecified atom stereocenters. The Kier molecular flexibility index (Phi) is 5.89. The number of carbonyl (C=O) groups is 1. The minimum atomic E-state index is -2.45. The number of rotatable bonds is 6. The first-order chi connectivity index (χ1) is 16.4. The Morgan fingerprint density at radius 3 is 2.71 bits per heavy atom. The van der Waals surface area contributed by atoms with E-state index < -0.39 is 6.43 Å². The molecule has 1 fully saturated rings. The maximum Gasteiger partial charge on any atom is 0.256 e. The van der Waals surface area contributed by atoms with E-state index in [1.807, 2.05) is 24.4 Å². The number of aromatic nitrogens is 5. The van der Waals surface area contributed by atoms with Gasteiger partial charge in [0.25, 0.3) is 6.43 Å². The third-order valence-corrected chi connectivity index (χ3v) is 6.47. The molecule has 178 valence electrons. The zero-order chi connectivity index (χ0) is 23.8. The smallest absolute Gasteiger partial charge is 0.256 e. The Bertz CT molecular complexity index is 1340. The van der Waals surface area contributed by atoms with E-state index in [1.165, 1.54) is 0 Å². The van der Waals surface area contributed by atoms with E-state index in [2.05, 4.69) is 30.6 Å². The van der Waals surface area contributed by atoms with Gasteiger partial charge in [0.2, 0.25) is 11.9 Å². The Morgan fingerprint density at radius 1 is 1.21 bits per heavy atom. The van der Waals surface area contributed by atoms with Crippen LogP contribution < -0.4 is 10.6 Å². The lowest BCUT2D eigenvalue weighted by Crippen LogP contribution is -2.39. The monoisotopic (exact) mass is 467 g/mol. The third kappa shape index (κ3) is 4.44. The Morgan fingerprint density at radius 2 is 1.97 bits per heavy atom. The second kappa shape index (κ2) is 9.00. The molecule has 1 amide bonds. The predicted octanol–water partition coefficient (Wildman–Crippen LogP) is 4.41. The number of fused-ring (bicyclic) bond motifs is 2. The van der Waals surface area contributed by atoms with Crippen molar-refractivity contribution in [2.45, 2.75) is 64.6 Å². The molecule has 8 nitrogen and oxygen atoms in total. The minimum Gasteiger partial charge on any atom is -0.354 e. The van der Waals surface area contributed by atoms with Crippen LogP contribution in [0.2, 0.25) is 0 Å². The number of carbonyl (C=O) groups excluding carboxylic acids is 1. The molecule has 0 radical (unpaired) electrons. The summed E-state index contributed by atoms with van der Waals surface area (Å²) in [6.07, 6.45) is 4.93. The van der Waals surface area contributed by atoms with Gasteiger partial charge in [0.05, 0.1) is 17.6 Å². The lowest BCUT2D eigenvalue weighted by Gasteiger charge is -2.29. The van der Waals surface area contributed by atoms with Gasteiger partial charge in [-0.1, -0.05) is 6.07 Å². The molecule has 10 heteroatoms. The highest BCUT2D eigenvalue weighted by Gasteiger charge is 2.22. The molecule has 0 spiro atoms. The molecule has 1 aromatic carbocycles. The number of imidazole rings is 1. The lowest BCUT2D eigenvalue weighted by atomic mass is 9.91. The van der Waals surface area contributed by atoms with Gasteiger partial charge in [-0.2, -0.15) is 4.98 Å². The normalized spacial score (nSPS) is 18.6. The van der Waals surface area contributed by atoms with Gasteiger partial charge in [-0.15, -0.1) is 0 Å². The van der Waals surface area contributed by atoms with Crippen molar-refractivity contribution in [2.75, 3.05) is 5.32 Å². The lowest BCUT2D eigenvalue weighted by molar-refractivity contribution is -0.119. The second-order valence-corrected chi connectivity index (χ2v) is 8.92. The van der Waals surface area contributed by atoms with E-state index in [1.54, 1.807) is 24.6 Å². The van der Waals surface area contributed by atoms with E-state index in [4.69, 9.17) is 0 Å². The van der Waals surface area contributed by atoms with Gasteiger partial charge in [0, 0.05) is 42.4 Å². The molecule has 3 N–H and O–H groups in total. The van der Waals surface area contributed by atoms with Crippen molar-refractivity contribution in [2.24, 2.45) is 0 Å². The number of nitrogens with zero attached hydrogens (tertiary/aromatic N) is 4. The number of amides is 1. The van der Waals surface area contributed by atoms with Crippen LogP contribution in [0, 0.1) is 6.92 Å². The van der Waals surface area contributed by atoms with E-state index in [0.717, 1.165) is 42.2 Å². The first-order valence-electron chi connectivity index (χ1n) is 11.5. The largest absolute Gasteiger partial charge is 0.354 e. The summed E-state index contributed by atoms with van der Waals surface area (Å²) in [6.45, 7) is 2.90. The fourth-order valence-electron chi connectivity index (χ4n) is 4.85. The highest BCUT2D eigenvalue weighted by Crippen LogP contribution is 2.31. The molecule has 4 aromatic rings. The number of aromatic amines is 1. The number of benzene rings is 1. The Hall–Kier alpha value is -3.56. The van der Waals surface area contributed by atoms with Gasteiger partial charge >= 0.3 is 0 Å². The van der Waals surface area contributed by atoms with Crippen molar-refractivity contribution in [3.63, 3.8) is 0 Å². The fraction of sp³-hybridized carbons (Fsp3) is 0.417. The SMILES string of the molecule is CC(=O)N[C@H]1CC[C@H](Nc2ncc3c(-c4ccc5nc(C)n(CC(F)F)c5c4)c[nH]c3n2)CC1. The average molecular weight is 468 g/mol. The summed E-state index contributed by atoms with van der Waals surface area (Å²) in [5, 5.41) is 7.26. The van der Waals surface area contributed by atoms with Gasteiger partial charge in [0.15, 0.2) is 0 Å². The van der Waals surface area contributed by atoms with Gasteiger partial charge < -0.3 is 20.2 Å². The summed E-state index contributed by atoms with van der Waals surface area (Å²) in [5.74, 6) is 1.14. The molecule has 1 saturated carbocycles. The summed E-state index contributed by atoms with van der Waals surface area (Å²) in [5.41, 5.74) is 3.87. The van der Waals surface area contributed by atoms with Crippen LogP contribution in [0.15, 0.2) is 30.6 Å². The number of hydrogen-bond acceptors (Lipinski definition) is 5. The average Bonchev–Trinajstić information content (AvgIpc) is 3.34. The van der Waals surface area contributed by atoms with E-state index in [-0.39, 0.29) is 24.5 Å². The molecule has 1 aliphatic rings. The first-order valence-corrected chi connectivity index (χ1v) is 11.5. The molecular weight excluding hydrogens is 440 g/mol. The molecule has 34 heavy (non-hydrogen) atoms. The molecule has 1 aliphatic carbocycles. The number of alkyl halides is 2. The van der Waals surface area contributed by atoms with Crippen molar-refractivity contribution in [3.05, 3.63) is 36.4 Å². The maximum atomic E-state index is 13.1. The number of H-pyrrole nitrogens is 1. The first kappa shape index (κ1) is 22.2. The summed E-state index contributed by atoms with van der Waals surface area (Å²) in [7, 11) is 0. The highest BCUT2D eigenvalue weighted by molar-refractivity contribution is 5.95. The topological polar surface area (TPSA) is 101 Å². The molecule has 0 aliphatic heterocycles. The van der Waals surface area contributed by atoms with Crippen molar-refractivity contribution in [3.8, 4) is 11.1 Å². The van der Waals surface area contributed by atoms with Crippen LogP contribution in [0.25, 0.3) is 33.2 Å². The van der Waals surface area contributed by atoms with Crippen molar-refractivity contribution < 1.29 is 13.6 Å². The van der Waals surface area contributed by atoms with Crippen molar-refractivity contribution in [1.82, 2.24) is 29.8 Å². The standard InChI is InChI=1S/C24H27F2N7O/c1-13-29-20-8-3-15(9-21(20)33(13)12-22(25)26)18-10-27-23-19(18)11-28-24(32-23)31-17-6-4-16(5-7-17)30-14(2)34/h3,8-11,16-17,22H,4-7,12H2,1-2H3,(H,30,34)(H2,27,28,31,32)/t16-,17-. The number of anilines is 1. The van der Waals surface area contributed by atoms with Crippen LogP contribution in [0.5, 0.6) is 0 Å². The van der Waals surface area contributed by atoms with Crippen molar-refractivity contribution in [1.29, 1.82) is 0 Å². The molecule has 0 saturated heterocycles. The summed E-state index contributed by atoms with van der Waals surface area (Å²) in [6, 6.07) is 6.18. The van der Waals surface area contributed by atoms with Crippen molar-refractivity contribution >= 4 is 33.9 Å². The number of nitrogens with one attached hydrogen (secondary N) is 3. The number of hydrogen-bond donors (Lipinski definition) is 3. The molecule has 0 atom stereocenters. The number of halogens is 2. The van der Waals surface area contributed by atoms with Crippen LogP contribution in [-0.4, -0.2) is 48.9 Å². The van der Waals surface area contributed by atoms with Crippen LogP contribution in [0.1, 0.15) is 38.4 Å². The highest BCUT2D eigenvalue weighted by atomic mass is 19.3. The summed E-state index contributed by atoms with van der Waals surface area (Å²) in [4.78, 5) is 28.0. The van der Waals surface area contributed by atoms with Crippen LogP contribution in [0.3, 0.4) is 0 Å². The molecule has 0 bridgehead atoms. The summed E-state index contributed by atoms with van der Waals surface area (Å²) < 4.78 is 27.7. The van der Waals surface area contributed by atoms with Crippen LogP contribution in [0.4, 0.5) is 14.7 Å². The van der Waals surface area contributed by atoms with Gasteiger partial charge in [-0.3, -0.25) is 4.79 Å². The zero-order valence-electron chi connectivity index (χ0n) is 19.1. The fourth-order valence-corrected chi connectivity index (χ4v) is 4.85. The van der Waals surface area contributed by atoms with Crippen LogP contribution in [-0.2, 0) is 11.3 Å². The summed E-state index contributed by atoms with van der Waals surface area (Å²) >= 11 is 0. The predicted molar refractivity (Wildman–Crippen MR) is 127 cm³/mol. The third-order valence-electron chi connectivity index (χ3n) is 6.47. The van der Waals surface area contributed by atoms with E-state index >= 15 is 0 Å². The van der Waals surface area contributed by atoms with Gasteiger partial charge in [0.1, 0.15) is 11.5 Å². The number of aryl methyl sites for hydroxylation is 1. The quantitative estimate of drug-likeness (QED) is 0.390. The zero-order valence-corrected chi connectivity index (χ0v) is 19.1. The van der Waals surface area contributed by atoms with Gasteiger partial charge in [-0.25, -0.2) is 18.7 Å². The van der Waals surface area contributed by atoms with Crippen LogP contribution >= 0.6 is 0 Å². The van der Waals surface area contributed by atoms with E-state index in [0.29, 0.717) is 28.5 Å². The Labute approximate surface area is 195 Å². The maximum absolute atomic E-state index is 13.1. The molecule has 5 rings (SSSR count). The molecule has 3 aromatic heterocycles. The minimum absolute atomic E-state index is 0.0144. The Balaban J connectivity index is 1.36. The molecular formula is C24H27F2N7O. The molecule has 3 heterocycles. The second-order valence-electron chi connectivity index (χ2n) is 8.92.